The Kier molecular flexibility index (Phi) is 3.85. The van der Waals surface area contributed by atoms with Crippen molar-refractivity contribution < 1.29 is 9.47 Å². The van der Waals surface area contributed by atoms with Crippen LogP contribution in [-0.2, 0) is 6.54 Å². The summed E-state index contributed by atoms with van der Waals surface area (Å²) in [7, 11) is 3.40. The molecule has 1 aromatic carbocycles. The van der Waals surface area contributed by atoms with E-state index in [1.165, 1.54) is 25.2 Å². The van der Waals surface area contributed by atoms with Crippen LogP contribution >= 0.6 is 0 Å². The summed E-state index contributed by atoms with van der Waals surface area (Å²) in [6.07, 6.45) is 0. The second-order valence-corrected chi connectivity index (χ2v) is 5.97. The Morgan fingerprint density at radius 3 is 2.45 bits per heavy atom. The first-order chi connectivity index (χ1) is 9.71. The topological polar surface area (TPSA) is 33.7 Å². The number of methoxy groups -OCH3 is 2. The summed E-state index contributed by atoms with van der Waals surface area (Å²) in [4.78, 5) is 2.59. The SMILES string of the molecule is COc1cc(CN2CC3CNCC3C2C)cc(OC)c1. The predicted molar refractivity (Wildman–Crippen MR) is 79.3 cm³/mol. The molecule has 2 saturated heterocycles. The van der Waals surface area contributed by atoms with Crippen molar-refractivity contribution in [2.75, 3.05) is 33.9 Å². The Morgan fingerprint density at radius 1 is 1.15 bits per heavy atom. The Balaban J connectivity index is 1.74. The lowest BCUT2D eigenvalue weighted by molar-refractivity contribution is 0.231. The molecule has 1 N–H and O–H groups in total. The van der Waals surface area contributed by atoms with E-state index >= 15 is 0 Å². The fourth-order valence-corrected chi connectivity index (χ4v) is 3.66. The Hall–Kier alpha value is -1.26. The van der Waals surface area contributed by atoms with Crippen LogP contribution in [0.3, 0.4) is 0 Å². The summed E-state index contributed by atoms with van der Waals surface area (Å²) in [6, 6.07) is 6.80. The molecule has 0 aliphatic carbocycles. The highest BCUT2D eigenvalue weighted by Gasteiger charge is 2.41. The average molecular weight is 276 g/mol. The summed E-state index contributed by atoms with van der Waals surface area (Å²) in [6.45, 7) is 6.87. The molecule has 3 rings (SSSR count). The molecule has 0 bridgehead atoms. The maximum atomic E-state index is 5.35. The maximum absolute atomic E-state index is 5.35. The van der Waals surface area contributed by atoms with E-state index in [-0.39, 0.29) is 0 Å². The number of nitrogens with zero attached hydrogens (tertiary/aromatic N) is 1. The molecule has 0 spiro atoms. The van der Waals surface area contributed by atoms with Crippen LogP contribution in [0.5, 0.6) is 11.5 Å². The minimum atomic E-state index is 0.646. The molecule has 2 heterocycles. The van der Waals surface area contributed by atoms with E-state index in [2.05, 4.69) is 29.3 Å². The smallest absolute Gasteiger partial charge is 0.122 e. The average Bonchev–Trinajstić information content (AvgIpc) is 3.03. The molecule has 2 aliphatic rings. The highest BCUT2D eigenvalue weighted by atomic mass is 16.5. The van der Waals surface area contributed by atoms with Crippen molar-refractivity contribution in [2.45, 2.75) is 19.5 Å². The van der Waals surface area contributed by atoms with Crippen LogP contribution in [-0.4, -0.2) is 44.8 Å². The molecule has 0 aromatic heterocycles. The van der Waals surface area contributed by atoms with Gasteiger partial charge >= 0.3 is 0 Å². The van der Waals surface area contributed by atoms with Crippen LogP contribution < -0.4 is 14.8 Å². The quantitative estimate of drug-likeness (QED) is 0.908. The highest BCUT2D eigenvalue weighted by molar-refractivity contribution is 5.38. The van der Waals surface area contributed by atoms with E-state index in [1.807, 2.05) is 6.07 Å². The number of rotatable bonds is 4. The van der Waals surface area contributed by atoms with Gasteiger partial charge in [-0.25, -0.2) is 0 Å². The summed E-state index contributed by atoms with van der Waals surface area (Å²) >= 11 is 0. The van der Waals surface area contributed by atoms with Crippen molar-refractivity contribution in [1.29, 1.82) is 0 Å². The van der Waals surface area contributed by atoms with E-state index in [4.69, 9.17) is 9.47 Å². The third-order valence-corrected chi connectivity index (χ3v) is 4.85. The number of hydrogen-bond acceptors (Lipinski definition) is 4. The molecular weight excluding hydrogens is 252 g/mol. The molecule has 1 aromatic rings. The molecule has 20 heavy (non-hydrogen) atoms. The summed E-state index contributed by atoms with van der Waals surface area (Å²) < 4.78 is 10.7. The van der Waals surface area contributed by atoms with E-state index in [0.29, 0.717) is 6.04 Å². The number of ether oxygens (including phenoxy) is 2. The molecule has 0 amide bonds. The molecule has 2 fully saturated rings. The highest BCUT2D eigenvalue weighted by Crippen LogP contribution is 2.34. The van der Waals surface area contributed by atoms with Crippen LogP contribution in [0.2, 0.25) is 0 Å². The molecule has 3 atom stereocenters. The number of benzene rings is 1. The van der Waals surface area contributed by atoms with Gasteiger partial charge in [-0.05, 0) is 49.5 Å². The van der Waals surface area contributed by atoms with Crippen molar-refractivity contribution in [3.8, 4) is 11.5 Å². The third kappa shape index (κ3) is 2.50. The van der Waals surface area contributed by atoms with Gasteiger partial charge in [0.05, 0.1) is 14.2 Å². The van der Waals surface area contributed by atoms with Gasteiger partial charge in [0.15, 0.2) is 0 Å². The van der Waals surface area contributed by atoms with Crippen LogP contribution in [0.4, 0.5) is 0 Å². The van der Waals surface area contributed by atoms with Crippen LogP contribution in [0, 0.1) is 11.8 Å². The first-order valence-electron chi connectivity index (χ1n) is 7.38. The number of nitrogens with one attached hydrogen (secondary N) is 1. The summed E-state index contributed by atoms with van der Waals surface area (Å²) in [5.41, 5.74) is 1.26. The second kappa shape index (κ2) is 5.62. The Morgan fingerprint density at radius 2 is 1.85 bits per heavy atom. The van der Waals surface area contributed by atoms with Crippen molar-refractivity contribution in [2.24, 2.45) is 11.8 Å². The largest absolute Gasteiger partial charge is 0.497 e. The zero-order valence-electron chi connectivity index (χ0n) is 12.6. The Labute approximate surface area is 121 Å². The van der Waals surface area contributed by atoms with Gasteiger partial charge in [0.2, 0.25) is 0 Å². The number of hydrogen-bond donors (Lipinski definition) is 1. The zero-order valence-corrected chi connectivity index (χ0v) is 12.6. The summed E-state index contributed by atoms with van der Waals surface area (Å²) in [5.74, 6) is 3.36. The van der Waals surface area contributed by atoms with Gasteiger partial charge in [-0.1, -0.05) is 0 Å². The predicted octanol–water partition coefficient (Wildman–Crippen LogP) is 1.74. The van der Waals surface area contributed by atoms with Gasteiger partial charge in [-0.15, -0.1) is 0 Å². The first-order valence-corrected chi connectivity index (χ1v) is 7.38. The van der Waals surface area contributed by atoms with Crippen molar-refractivity contribution in [3.05, 3.63) is 23.8 Å². The molecular formula is C16H24N2O2. The Bertz CT molecular complexity index is 455. The minimum absolute atomic E-state index is 0.646. The van der Waals surface area contributed by atoms with Crippen molar-refractivity contribution >= 4 is 0 Å². The maximum Gasteiger partial charge on any atom is 0.122 e. The fourth-order valence-electron chi connectivity index (χ4n) is 3.66. The van der Waals surface area contributed by atoms with Crippen molar-refractivity contribution in [1.82, 2.24) is 10.2 Å². The molecule has 4 nitrogen and oxygen atoms in total. The third-order valence-electron chi connectivity index (χ3n) is 4.85. The monoisotopic (exact) mass is 276 g/mol. The lowest BCUT2D eigenvalue weighted by atomic mass is 9.95. The van der Waals surface area contributed by atoms with Gasteiger partial charge in [0.25, 0.3) is 0 Å². The lowest BCUT2D eigenvalue weighted by Gasteiger charge is -2.24. The van der Waals surface area contributed by atoms with Crippen LogP contribution in [0.25, 0.3) is 0 Å². The second-order valence-electron chi connectivity index (χ2n) is 5.97. The standard InChI is InChI=1S/C16H24N2O2/c1-11-16-8-17-7-13(16)10-18(11)9-12-4-14(19-2)6-15(5-12)20-3/h4-6,11,13,16-17H,7-10H2,1-3H3. The minimum Gasteiger partial charge on any atom is -0.497 e. The normalized spacial score (nSPS) is 29.4. The van der Waals surface area contributed by atoms with E-state index in [1.54, 1.807) is 14.2 Å². The van der Waals surface area contributed by atoms with E-state index < -0.39 is 0 Å². The van der Waals surface area contributed by atoms with Gasteiger partial charge in [0.1, 0.15) is 11.5 Å². The van der Waals surface area contributed by atoms with Crippen molar-refractivity contribution in [3.63, 3.8) is 0 Å². The first kappa shape index (κ1) is 13.7. The summed E-state index contributed by atoms with van der Waals surface area (Å²) in [5, 5.41) is 3.51. The van der Waals surface area contributed by atoms with Gasteiger partial charge in [-0.2, -0.15) is 0 Å². The molecule has 110 valence electrons. The molecule has 3 unspecified atom stereocenters. The van der Waals surface area contributed by atoms with Gasteiger partial charge in [0, 0.05) is 25.2 Å². The number of fused-ring (bicyclic) bond motifs is 1. The van der Waals surface area contributed by atoms with Gasteiger partial charge < -0.3 is 14.8 Å². The van der Waals surface area contributed by atoms with Crippen LogP contribution in [0.1, 0.15) is 12.5 Å². The zero-order chi connectivity index (χ0) is 14.1. The lowest BCUT2D eigenvalue weighted by Crippen LogP contribution is -2.32. The molecule has 0 saturated carbocycles. The number of likely N-dealkylation sites (tertiary alicyclic amines) is 1. The molecule has 0 radical (unpaired) electrons. The molecule has 2 aliphatic heterocycles. The van der Waals surface area contributed by atoms with Crippen LogP contribution in [0.15, 0.2) is 18.2 Å². The van der Waals surface area contributed by atoms with E-state index in [9.17, 15) is 0 Å². The molecule has 4 heteroatoms. The fraction of sp³-hybridized carbons (Fsp3) is 0.625. The van der Waals surface area contributed by atoms with Gasteiger partial charge in [-0.3, -0.25) is 4.90 Å². The van der Waals surface area contributed by atoms with E-state index in [0.717, 1.165) is 29.9 Å².